The summed E-state index contributed by atoms with van der Waals surface area (Å²) in [6, 6.07) is 0. The Morgan fingerprint density at radius 1 is 1.25 bits per heavy atom. The van der Waals surface area contributed by atoms with E-state index >= 15 is 0 Å². The van der Waals surface area contributed by atoms with E-state index in [1.54, 1.807) is 0 Å². The third-order valence-electron chi connectivity index (χ3n) is 2.13. The lowest BCUT2D eigenvalue weighted by Crippen LogP contribution is -1.79. The molecule has 0 amide bonds. The van der Waals surface area contributed by atoms with Gasteiger partial charge in [0.15, 0.2) is 0 Å². The summed E-state index contributed by atoms with van der Waals surface area (Å²) in [5.74, 6) is 0. The minimum Gasteiger partial charge on any atom is -0.298 e. The monoisotopic (exact) mass is 216 g/mol. The van der Waals surface area contributed by atoms with Crippen LogP contribution >= 0.6 is 0 Å². The van der Waals surface area contributed by atoms with Crippen LogP contribution in [0.4, 0.5) is 0 Å². The van der Waals surface area contributed by atoms with Crippen molar-refractivity contribution in [3.8, 4) is 0 Å². The lowest BCUT2D eigenvalue weighted by atomic mass is 10.1. The first kappa shape index (κ1) is 14.4. The van der Waals surface area contributed by atoms with E-state index in [-0.39, 0.29) is 0 Å². The van der Waals surface area contributed by atoms with Crippen molar-refractivity contribution in [3.63, 3.8) is 0 Å². The topological polar surface area (TPSA) is 17.1 Å². The summed E-state index contributed by atoms with van der Waals surface area (Å²) >= 11 is 0. The molecule has 0 saturated heterocycles. The Balaban J connectivity index is 4.01. The molecule has 0 fully saturated rings. The number of hydrogen-bond acceptors (Lipinski definition) is 1. The highest BCUT2D eigenvalue weighted by molar-refractivity contribution is 5.71. The first-order valence-electron chi connectivity index (χ1n) is 5.37. The predicted molar refractivity (Wildman–Crippen MR) is 71.3 cm³/mol. The van der Waals surface area contributed by atoms with Crippen molar-refractivity contribution in [3.05, 3.63) is 60.3 Å². The number of allylic oxidation sites excluding steroid dienone is 8. The fraction of sp³-hybridized carbons (Fsp3) is 0.267. The summed E-state index contributed by atoms with van der Waals surface area (Å²) in [6.07, 6.45) is 12.3. The van der Waals surface area contributed by atoms with Crippen LogP contribution in [0.2, 0.25) is 0 Å². The minimum atomic E-state index is 0.777. The third-order valence-corrected chi connectivity index (χ3v) is 2.13. The summed E-state index contributed by atoms with van der Waals surface area (Å²) in [6.45, 7) is 11.4. The van der Waals surface area contributed by atoms with Gasteiger partial charge >= 0.3 is 0 Å². The van der Waals surface area contributed by atoms with Gasteiger partial charge < -0.3 is 0 Å². The average molecular weight is 216 g/mol. The maximum absolute atomic E-state index is 10.3. The first-order valence-corrected chi connectivity index (χ1v) is 5.37. The van der Waals surface area contributed by atoms with E-state index in [4.69, 9.17) is 0 Å². The number of carbonyl (C=O) groups excluding carboxylic acids is 1. The molecule has 0 atom stereocenters. The lowest BCUT2D eigenvalue weighted by Gasteiger charge is -1.96. The molecule has 0 spiro atoms. The molecule has 0 aliphatic rings. The smallest absolute Gasteiger partial charge is 0.145 e. The molecule has 0 saturated carbocycles. The van der Waals surface area contributed by atoms with Crippen molar-refractivity contribution in [2.24, 2.45) is 0 Å². The molecular weight excluding hydrogens is 196 g/mol. The molecule has 16 heavy (non-hydrogen) atoms. The van der Waals surface area contributed by atoms with Crippen LogP contribution < -0.4 is 0 Å². The quantitative estimate of drug-likeness (QED) is 0.355. The molecule has 0 heterocycles. The van der Waals surface area contributed by atoms with E-state index in [0.29, 0.717) is 0 Å². The highest BCUT2D eigenvalue weighted by Crippen LogP contribution is 2.06. The van der Waals surface area contributed by atoms with Crippen LogP contribution in [0.15, 0.2) is 60.3 Å². The molecule has 1 nitrogen and oxygen atoms in total. The van der Waals surface area contributed by atoms with Crippen LogP contribution in [-0.4, -0.2) is 6.29 Å². The molecule has 0 unspecified atom stereocenters. The minimum absolute atomic E-state index is 0.777. The molecule has 0 radical (unpaired) electrons. The maximum atomic E-state index is 10.3. The first-order chi connectivity index (χ1) is 7.60. The molecule has 0 rings (SSSR count). The van der Waals surface area contributed by atoms with Gasteiger partial charge in [-0.05, 0) is 32.3 Å². The van der Waals surface area contributed by atoms with Gasteiger partial charge in [0.05, 0.1) is 0 Å². The van der Waals surface area contributed by atoms with Gasteiger partial charge in [-0.1, -0.05) is 54.7 Å². The lowest BCUT2D eigenvalue weighted by molar-refractivity contribution is -0.104. The van der Waals surface area contributed by atoms with Gasteiger partial charge in [0.2, 0.25) is 0 Å². The van der Waals surface area contributed by atoms with Gasteiger partial charge in [0.1, 0.15) is 6.29 Å². The van der Waals surface area contributed by atoms with Gasteiger partial charge in [0.25, 0.3) is 0 Å². The van der Waals surface area contributed by atoms with Crippen LogP contribution in [0.5, 0.6) is 0 Å². The van der Waals surface area contributed by atoms with Crippen molar-refractivity contribution in [2.75, 3.05) is 0 Å². The van der Waals surface area contributed by atoms with Crippen molar-refractivity contribution in [1.82, 2.24) is 0 Å². The standard InChI is InChI=1S/C15H20O/c1-5-13(2)8-6-9-14(3)10-7-11-15(4)12-16/h5-6,8-9,11-12H,1,3,7,10H2,2,4H3/b9-6+,13-8+,15-11+. The summed E-state index contributed by atoms with van der Waals surface area (Å²) in [5, 5.41) is 0. The molecule has 0 aromatic carbocycles. The molecule has 0 N–H and O–H groups in total. The molecule has 86 valence electrons. The fourth-order valence-corrected chi connectivity index (χ4v) is 1.02. The van der Waals surface area contributed by atoms with E-state index in [1.807, 2.05) is 44.2 Å². The van der Waals surface area contributed by atoms with Crippen LogP contribution in [0.25, 0.3) is 0 Å². The summed E-state index contributed by atoms with van der Waals surface area (Å²) in [5.41, 5.74) is 2.96. The zero-order valence-corrected chi connectivity index (χ0v) is 10.2. The third kappa shape index (κ3) is 7.74. The highest BCUT2D eigenvalue weighted by atomic mass is 16.1. The average Bonchev–Trinajstić information content (AvgIpc) is 2.28. The Morgan fingerprint density at radius 3 is 2.50 bits per heavy atom. The van der Waals surface area contributed by atoms with Crippen LogP contribution in [-0.2, 0) is 4.79 Å². The van der Waals surface area contributed by atoms with Gasteiger partial charge in [0, 0.05) is 0 Å². The zero-order chi connectivity index (χ0) is 12.4. The largest absolute Gasteiger partial charge is 0.298 e. The van der Waals surface area contributed by atoms with Gasteiger partial charge in [-0.2, -0.15) is 0 Å². The molecule has 0 aliphatic carbocycles. The molecule has 1 heteroatoms. The number of hydrogen-bond donors (Lipinski definition) is 0. The Hall–Kier alpha value is -1.63. The summed E-state index contributed by atoms with van der Waals surface area (Å²) in [7, 11) is 0. The number of carbonyl (C=O) groups is 1. The normalized spacial score (nSPS) is 12.9. The van der Waals surface area contributed by atoms with Gasteiger partial charge in [-0.3, -0.25) is 4.79 Å². The van der Waals surface area contributed by atoms with Crippen molar-refractivity contribution < 1.29 is 4.79 Å². The second-order valence-corrected chi connectivity index (χ2v) is 3.74. The predicted octanol–water partition coefficient (Wildman–Crippen LogP) is 4.16. The maximum Gasteiger partial charge on any atom is 0.145 e. The van der Waals surface area contributed by atoms with Crippen LogP contribution in [0.1, 0.15) is 26.7 Å². The second-order valence-electron chi connectivity index (χ2n) is 3.74. The van der Waals surface area contributed by atoms with Crippen molar-refractivity contribution in [1.29, 1.82) is 0 Å². The van der Waals surface area contributed by atoms with Crippen LogP contribution in [0.3, 0.4) is 0 Å². The zero-order valence-electron chi connectivity index (χ0n) is 10.2. The van der Waals surface area contributed by atoms with E-state index in [0.717, 1.165) is 35.8 Å². The van der Waals surface area contributed by atoms with E-state index in [2.05, 4.69) is 13.2 Å². The Labute approximate surface area is 98.6 Å². The van der Waals surface area contributed by atoms with E-state index in [9.17, 15) is 4.79 Å². The van der Waals surface area contributed by atoms with Crippen molar-refractivity contribution in [2.45, 2.75) is 26.7 Å². The summed E-state index contributed by atoms with van der Waals surface area (Å²) < 4.78 is 0. The van der Waals surface area contributed by atoms with Gasteiger partial charge in [-0.15, -0.1) is 0 Å². The molecular formula is C15H20O. The van der Waals surface area contributed by atoms with Crippen LogP contribution in [0, 0.1) is 0 Å². The molecule has 0 bridgehead atoms. The Bertz CT molecular complexity index is 340. The highest BCUT2D eigenvalue weighted by Gasteiger charge is 1.88. The second kappa shape index (κ2) is 8.66. The number of rotatable bonds is 7. The Morgan fingerprint density at radius 2 is 1.94 bits per heavy atom. The van der Waals surface area contributed by atoms with Crippen molar-refractivity contribution >= 4 is 6.29 Å². The fourth-order valence-electron chi connectivity index (χ4n) is 1.02. The molecule has 0 aromatic heterocycles. The van der Waals surface area contributed by atoms with E-state index < -0.39 is 0 Å². The van der Waals surface area contributed by atoms with Gasteiger partial charge in [-0.25, -0.2) is 0 Å². The SMILES string of the molecule is C=C/C(C)=C/C=C/C(=C)CC/C=C(\C)C=O. The summed E-state index contributed by atoms with van der Waals surface area (Å²) in [4.78, 5) is 10.3. The van der Waals surface area contributed by atoms with E-state index in [1.165, 1.54) is 0 Å². The molecule has 0 aromatic rings. The molecule has 0 aliphatic heterocycles. The number of aldehydes is 1. The Kier molecular flexibility index (Phi) is 7.78.